The van der Waals surface area contributed by atoms with E-state index in [0.29, 0.717) is 39.5 Å². The second kappa shape index (κ2) is 8.66. The van der Waals surface area contributed by atoms with E-state index in [-0.39, 0.29) is 5.91 Å². The number of aryl methyl sites for hydroxylation is 2. The highest BCUT2D eigenvalue weighted by Crippen LogP contribution is 2.30. The highest BCUT2D eigenvalue weighted by atomic mass is 19.1. The van der Waals surface area contributed by atoms with E-state index < -0.39 is 11.9 Å². The highest BCUT2D eigenvalue weighted by Gasteiger charge is 2.24. The summed E-state index contributed by atoms with van der Waals surface area (Å²) in [6.07, 6.45) is 3.47. The maximum Gasteiger partial charge on any atom is 0.252 e. The molecule has 1 amide bonds. The van der Waals surface area contributed by atoms with E-state index in [1.165, 1.54) is 12.1 Å². The maximum atomic E-state index is 13.7. The molecule has 8 heteroatoms. The van der Waals surface area contributed by atoms with Gasteiger partial charge in [-0.15, -0.1) is 0 Å². The molecule has 0 saturated carbocycles. The molecular weight excluding hydrogens is 411 g/mol. The van der Waals surface area contributed by atoms with Crippen LogP contribution in [0.3, 0.4) is 0 Å². The summed E-state index contributed by atoms with van der Waals surface area (Å²) < 4.78 is 26.4. The molecule has 0 aliphatic carbocycles. The number of methoxy groups -OCH3 is 2. The summed E-state index contributed by atoms with van der Waals surface area (Å²) in [5.74, 6) is 1.08. The number of nitrogens with zero attached hydrogens (tertiary/aromatic N) is 3. The lowest BCUT2D eigenvalue weighted by molar-refractivity contribution is 0.0942. The minimum Gasteiger partial charge on any atom is -0.497 e. The molecule has 2 heterocycles. The molecule has 0 fully saturated rings. The SMILES string of the molecule is COc1cc(OC)cc(C(NC(=O)c2cc(C)nc3cc(F)ccc23)c2nccn2C)c1. The third-order valence-corrected chi connectivity index (χ3v) is 5.24. The molecule has 1 unspecified atom stereocenters. The van der Waals surface area contributed by atoms with E-state index in [9.17, 15) is 9.18 Å². The molecule has 0 spiro atoms. The standard InChI is InChI=1S/C24H23FN4O3/c1-14-9-20(19-6-5-16(25)12-21(19)27-14)24(30)28-22(23-26-7-8-29(23)2)15-10-17(31-3)13-18(11-15)32-4/h5-13,22H,1-4H3,(H,28,30). The van der Waals surface area contributed by atoms with E-state index in [0.717, 1.165) is 5.56 Å². The van der Waals surface area contributed by atoms with Crippen molar-refractivity contribution in [1.82, 2.24) is 19.9 Å². The van der Waals surface area contributed by atoms with Gasteiger partial charge in [0.2, 0.25) is 0 Å². The van der Waals surface area contributed by atoms with Gasteiger partial charge in [-0.25, -0.2) is 9.37 Å². The van der Waals surface area contributed by atoms with Crippen molar-refractivity contribution in [3.05, 3.63) is 83.3 Å². The van der Waals surface area contributed by atoms with Crippen molar-refractivity contribution in [3.8, 4) is 11.5 Å². The number of amides is 1. The lowest BCUT2D eigenvalue weighted by Crippen LogP contribution is -2.31. The van der Waals surface area contributed by atoms with Crippen molar-refractivity contribution in [3.63, 3.8) is 0 Å². The zero-order valence-corrected chi connectivity index (χ0v) is 18.2. The molecular formula is C24H23FN4O3. The molecule has 0 aliphatic rings. The van der Waals surface area contributed by atoms with Gasteiger partial charge in [-0.3, -0.25) is 9.78 Å². The van der Waals surface area contributed by atoms with Crippen LogP contribution in [0.5, 0.6) is 11.5 Å². The topological polar surface area (TPSA) is 78.3 Å². The maximum absolute atomic E-state index is 13.7. The predicted molar refractivity (Wildman–Crippen MR) is 119 cm³/mol. The Bertz CT molecular complexity index is 1270. The Morgan fingerprint density at radius 3 is 2.44 bits per heavy atom. The van der Waals surface area contributed by atoms with Gasteiger partial charge in [-0.05, 0) is 42.8 Å². The van der Waals surface area contributed by atoms with Crippen LogP contribution in [0.2, 0.25) is 0 Å². The molecule has 4 rings (SSSR count). The van der Waals surface area contributed by atoms with Gasteiger partial charge in [-0.1, -0.05) is 0 Å². The molecule has 0 saturated heterocycles. The van der Waals surface area contributed by atoms with Crippen LogP contribution in [0.4, 0.5) is 4.39 Å². The number of rotatable bonds is 6. The molecule has 4 aromatic rings. The summed E-state index contributed by atoms with van der Waals surface area (Å²) in [5.41, 5.74) is 2.18. The fourth-order valence-corrected chi connectivity index (χ4v) is 3.68. The lowest BCUT2D eigenvalue weighted by Gasteiger charge is -2.21. The summed E-state index contributed by atoms with van der Waals surface area (Å²) in [5, 5.41) is 3.64. The fraction of sp³-hybridized carbons (Fsp3) is 0.208. The number of pyridine rings is 1. The largest absolute Gasteiger partial charge is 0.497 e. The van der Waals surface area contributed by atoms with Crippen molar-refractivity contribution in [2.75, 3.05) is 14.2 Å². The van der Waals surface area contributed by atoms with E-state index in [4.69, 9.17) is 9.47 Å². The average Bonchev–Trinajstić information content (AvgIpc) is 3.21. The van der Waals surface area contributed by atoms with Gasteiger partial charge in [0.15, 0.2) is 0 Å². The van der Waals surface area contributed by atoms with Gasteiger partial charge in [-0.2, -0.15) is 0 Å². The first-order valence-electron chi connectivity index (χ1n) is 9.97. The Balaban J connectivity index is 1.81. The monoisotopic (exact) mass is 434 g/mol. The van der Waals surface area contributed by atoms with Crippen LogP contribution in [0.15, 0.2) is 54.9 Å². The van der Waals surface area contributed by atoms with Gasteiger partial charge in [0.05, 0.1) is 25.3 Å². The Morgan fingerprint density at radius 2 is 1.81 bits per heavy atom. The second-order valence-electron chi connectivity index (χ2n) is 7.42. The Morgan fingerprint density at radius 1 is 1.09 bits per heavy atom. The lowest BCUT2D eigenvalue weighted by atomic mass is 10.0. The van der Waals surface area contributed by atoms with Crippen LogP contribution in [0.1, 0.15) is 33.5 Å². The van der Waals surface area contributed by atoms with Gasteiger partial charge >= 0.3 is 0 Å². The smallest absolute Gasteiger partial charge is 0.252 e. The number of imidazole rings is 1. The molecule has 1 N–H and O–H groups in total. The number of halogens is 1. The van der Waals surface area contributed by atoms with Crippen molar-refractivity contribution in [2.24, 2.45) is 7.05 Å². The average molecular weight is 434 g/mol. The molecule has 32 heavy (non-hydrogen) atoms. The first-order chi connectivity index (χ1) is 15.4. The number of hydrogen-bond donors (Lipinski definition) is 1. The third kappa shape index (κ3) is 4.12. The van der Waals surface area contributed by atoms with Crippen molar-refractivity contribution in [1.29, 1.82) is 0 Å². The van der Waals surface area contributed by atoms with E-state index in [1.807, 2.05) is 23.7 Å². The molecule has 164 valence electrons. The number of benzene rings is 2. The number of aromatic nitrogens is 3. The first kappa shape index (κ1) is 21.3. The summed E-state index contributed by atoms with van der Waals surface area (Å²) in [6.45, 7) is 1.77. The van der Waals surface area contributed by atoms with Crippen LogP contribution in [0, 0.1) is 12.7 Å². The first-order valence-corrected chi connectivity index (χ1v) is 9.97. The Kier molecular flexibility index (Phi) is 5.77. The number of hydrogen-bond acceptors (Lipinski definition) is 5. The zero-order valence-electron chi connectivity index (χ0n) is 18.2. The molecule has 0 radical (unpaired) electrons. The second-order valence-corrected chi connectivity index (χ2v) is 7.42. The summed E-state index contributed by atoms with van der Waals surface area (Å²) in [7, 11) is 4.99. The molecule has 7 nitrogen and oxygen atoms in total. The number of fused-ring (bicyclic) bond motifs is 1. The van der Waals surface area contributed by atoms with Gasteiger partial charge in [0, 0.05) is 42.7 Å². The Hall–Kier alpha value is -3.94. The van der Waals surface area contributed by atoms with E-state index >= 15 is 0 Å². The summed E-state index contributed by atoms with van der Waals surface area (Å²) in [4.78, 5) is 22.3. The van der Waals surface area contributed by atoms with Crippen molar-refractivity contribution >= 4 is 16.8 Å². The quantitative estimate of drug-likeness (QED) is 0.497. The highest BCUT2D eigenvalue weighted by molar-refractivity contribution is 6.06. The van der Waals surface area contributed by atoms with Crippen LogP contribution < -0.4 is 14.8 Å². The number of nitrogens with one attached hydrogen (secondary N) is 1. The minimum atomic E-state index is -0.588. The van der Waals surface area contributed by atoms with Crippen LogP contribution in [-0.4, -0.2) is 34.7 Å². The molecule has 2 aromatic carbocycles. The summed E-state index contributed by atoms with van der Waals surface area (Å²) in [6, 6.07) is 10.7. The minimum absolute atomic E-state index is 0.332. The number of carbonyl (C=O) groups is 1. The third-order valence-electron chi connectivity index (χ3n) is 5.24. The fourth-order valence-electron chi connectivity index (χ4n) is 3.68. The van der Waals surface area contributed by atoms with Crippen LogP contribution in [-0.2, 0) is 7.05 Å². The Labute approximate surface area is 184 Å². The van der Waals surface area contributed by atoms with Crippen LogP contribution in [0.25, 0.3) is 10.9 Å². The number of carbonyl (C=O) groups excluding carboxylic acids is 1. The molecule has 2 aromatic heterocycles. The van der Waals surface area contributed by atoms with E-state index in [1.54, 1.807) is 51.7 Å². The van der Waals surface area contributed by atoms with E-state index in [2.05, 4.69) is 15.3 Å². The van der Waals surface area contributed by atoms with Crippen molar-refractivity contribution in [2.45, 2.75) is 13.0 Å². The summed E-state index contributed by atoms with van der Waals surface area (Å²) >= 11 is 0. The van der Waals surface area contributed by atoms with Gasteiger partial charge in [0.25, 0.3) is 5.91 Å². The predicted octanol–water partition coefficient (Wildman–Crippen LogP) is 3.95. The van der Waals surface area contributed by atoms with Gasteiger partial charge < -0.3 is 19.4 Å². The molecule has 1 atom stereocenters. The zero-order chi connectivity index (χ0) is 22.8. The molecule has 0 aliphatic heterocycles. The number of ether oxygens (including phenoxy) is 2. The van der Waals surface area contributed by atoms with Crippen molar-refractivity contribution < 1.29 is 18.7 Å². The van der Waals surface area contributed by atoms with Gasteiger partial charge in [0.1, 0.15) is 29.2 Å². The normalized spacial score (nSPS) is 11.9. The van der Waals surface area contributed by atoms with Crippen LogP contribution >= 0.6 is 0 Å². The molecule has 0 bridgehead atoms.